The van der Waals surface area contributed by atoms with Crippen LogP contribution in [0, 0.1) is 6.92 Å². The highest BCUT2D eigenvalue weighted by Crippen LogP contribution is 2.31. The van der Waals surface area contributed by atoms with E-state index in [1.807, 2.05) is 18.2 Å². The molecule has 0 bridgehead atoms. The van der Waals surface area contributed by atoms with Gasteiger partial charge in [0.2, 0.25) is 11.7 Å². The summed E-state index contributed by atoms with van der Waals surface area (Å²) in [7, 11) is 0. The summed E-state index contributed by atoms with van der Waals surface area (Å²) in [5.74, 6) is -0.560. The maximum atomic E-state index is 13.3. The molecule has 3 aromatic rings. The summed E-state index contributed by atoms with van der Waals surface area (Å²) < 4.78 is 5.07. The SMILES string of the molecule is Cc1cc(C(=O)N2CCN(C(=O)C3CCCN3C(=O)c3ccc4ccccc4c3O)CC2)on1. The molecule has 0 aliphatic carbocycles. The van der Waals surface area contributed by atoms with Gasteiger partial charge in [0, 0.05) is 44.2 Å². The lowest BCUT2D eigenvalue weighted by Gasteiger charge is -2.37. The summed E-state index contributed by atoms with van der Waals surface area (Å²) in [5.41, 5.74) is 0.844. The number of phenols is 1. The van der Waals surface area contributed by atoms with Gasteiger partial charge >= 0.3 is 0 Å². The van der Waals surface area contributed by atoms with Gasteiger partial charge < -0.3 is 24.3 Å². The molecule has 9 heteroatoms. The van der Waals surface area contributed by atoms with Gasteiger partial charge in [-0.05, 0) is 31.2 Å². The number of carbonyl (C=O) groups is 3. The van der Waals surface area contributed by atoms with Crippen LogP contribution in [0.5, 0.6) is 5.75 Å². The Kier molecular flexibility index (Phi) is 5.69. The van der Waals surface area contributed by atoms with Crippen LogP contribution in [0.25, 0.3) is 10.8 Å². The molecule has 2 aromatic carbocycles. The molecule has 3 amide bonds. The van der Waals surface area contributed by atoms with E-state index in [0.29, 0.717) is 50.2 Å². The molecule has 9 nitrogen and oxygen atoms in total. The molecule has 2 aliphatic heterocycles. The molecule has 2 aliphatic rings. The number of carbonyl (C=O) groups excluding carboxylic acids is 3. The van der Waals surface area contributed by atoms with Gasteiger partial charge in [0.25, 0.3) is 11.8 Å². The Bertz CT molecular complexity index is 1260. The third-order valence-electron chi connectivity index (χ3n) is 6.65. The zero-order chi connectivity index (χ0) is 23.8. The van der Waals surface area contributed by atoms with Gasteiger partial charge in [0.1, 0.15) is 11.8 Å². The van der Waals surface area contributed by atoms with Crippen molar-refractivity contribution < 1.29 is 24.0 Å². The molecule has 1 atom stereocenters. The minimum Gasteiger partial charge on any atom is -0.506 e. The number of benzene rings is 2. The average molecular weight is 463 g/mol. The molecule has 2 fully saturated rings. The van der Waals surface area contributed by atoms with E-state index in [-0.39, 0.29) is 34.8 Å². The maximum absolute atomic E-state index is 13.3. The Morgan fingerprint density at radius 3 is 2.44 bits per heavy atom. The predicted molar refractivity (Wildman–Crippen MR) is 123 cm³/mol. The first-order valence-electron chi connectivity index (χ1n) is 11.5. The summed E-state index contributed by atoms with van der Waals surface area (Å²) in [6.07, 6.45) is 1.30. The molecule has 2 saturated heterocycles. The van der Waals surface area contributed by atoms with Crippen molar-refractivity contribution in [2.75, 3.05) is 32.7 Å². The highest BCUT2D eigenvalue weighted by Gasteiger charge is 2.39. The Hall–Kier alpha value is -3.88. The van der Waals surface area contributed by atoms with Crippen molar-refractivity contribution >= 4 is 28.5 Å². The van der Waals surface area contributed by atoms with Crippen LogP contribution in [0.2, 0.25) is 0 Å². The fourth-order valence-electron chi connectivity index (χ4n) is 4.81. The van der Waals surface area contributed by atoms with Gasteiger partial charge in [-0.25, -0.2) is 0 Å². The van der Waals surface area contributed by atoms with E-state index in [2.05, 4.69) is 5.16 Å². The van der Waals surface area contributed by atoms with Crippen molar-refractivity contribution in [2.45, 2.75) is 25.8 Å². The molecule has 1 N–H and O–H groups in total. The molecule has 0 saturated carbocycles. The zero-order valence-corrected chi connectivity index (χ0v) is 18.9. The van der Waals surface area contributed by atoms with Crippen molar-refractivity contribution in [2.24, 2.45) is 0 Å². The van der Waals surface area contributed by atoms with Crippen LogP contribution in [-0.4, -0.2) is 81.5 Å². The molecule has 1 aromatic heterocycles. The monoisotopic (exact) mass is 462 g/mol. The van der Waals surface area contributed by atoms with Crippen molar-refractivity contribution in [1.29, 1.82) is 0 Å². The first kappa shape index (κ1) is 21.9. The Balaban J connectivity index is 1.27. The normalized spacial score (nSPS) is 18.5. The van der Waals surface area contributed by atoms with Gasteiger partial charge in [-0.3, -0.25) is 14.4 Å². The van der Waals surface area contributed by atoms with Gasteiger partial charge in [0.15, 0.2) is 0 Å². The van der Waals surface area contributed by atoms with E-state index >= 15 is 0 Å². The number of nitrogens with zero attached hydrogens (tertiary/aromatic N) is 4. The lowest BCUT2D eigenvalue weighted by atomic mass is 10.0. The lowest BCUT2D eigenvalue weighted by Crippen LogP contribution is -2.55. The van der Waals surface area contributed by atoms with E-state index in [9.17, 15) is 19.5 Å². The number of piperazine rings is 1. The number of aromatic nitrogens is 1. The number of hydrogen-bond donors (Lipinski definition) is 1. The second-order valence-corrected chi connectivity index (χ2v) is 8.79. The fourth-order valence-corrected chi connectivity index (χ4v) is 4.81. The molecule has 1 unspecified atom stereocenters. The maximum Gasteiger partial charge on any atom is 0.292 e. The summed E-state index contributed by atoms with van der Waals surface area (Å²) in [4.78, 5) is 44.2. The van der Waals surface area contributed by atoms with Gasteiger partial charge in [-0.15, -0.1) is 0 Å². The largest absolute Gasteiger partial charge is 0.506 e. The first-order valence-corrected chi connectivity index (χ1v) is 11.5. The van der Waals surface area contributed by atoms with Crippen molar-refractivity contribution in [3.63, 3.8) is 0 Å². The van der Waals surface area contributed by atoms with E-state index in [0.717, 1.165) is 11.8 Å². The molecule has 3 heterocycles. The highest BCUT2D eigenvalue weighted by molar-refractivity contribution is 6.05. The average Bonchev–Trinajstić information content (AvgIpc) is 3.53. The van der Waals surface area contributed by atoms with Crippen LogP contribution in [0.3, 0.4) is 0 Å². The van der Waals surface area contributed by atoms with Crippen molar-refractivity contribution in [3.05, 3.63) is 59.5 Å². The van der Waals surface area contributed by atoms with E-state index in [1.165, 1.54) is 0 Å². The number of fused-ring (bicyclic) bond motifs is 1. The minimum atomic E-state index is -0.572. The quantitative estimate of drug-likeness (QED) is 0.641. The third-order valence-corrected chi connectivity index (χ3v) is 6.65. The summed E-state index contributed by atoms with van der Waals surface area (Å²) >= 11 is 0. The zero-order valence-electron chi connectivity index (χ0n) is 18.9. The topological polar surface area (TPSA) is 107 Å². The number of amides is 3. The lowest BCUT2D eigenvalue weighted by molar-refractivity contribution is -0.136. The number of likely N-dealkylation sites (tertiary alicyclic amines) is 1. The smallest absolute Gasteiger partial charge is 0.292 e. The third kappa shape index (κ3) is 3.87. The number of hydrogen-bond acceptors (Lipinski definition) is 6. The first-order chi connectivity index (χ1) is 16.4. The van der Waals surface area contributed by atoms with Crippen LogP contribution < -0.4 is 0 Å². The molecule has 0 spiro atoms. The molecular formula is C25H26N4O5. The number of phenolic OH excluding ortho intramolecular Hbond substituents is 1. The molecule has 0 radical (unpaired) electrons. The highest BCUT2D eigenvalue weighted by atomic mass is 16.5. The Morgan fingerprint density at radius 1 is 0.971 bits per heavy atom. The Morgan fingerprint density at radius 2 is 1.71 bits per heavy atom. The summed E-state index contributed by atoms with van der Waals surface area (Å²) in [6.45, 7) is 3.76. The van der Waals surface area contributed by atoms with Gasteiger partial charge in [0.05, 0.1) is 11.3 Å². The second kappa shape index (κ2) is 8.81. The fraction of sp³-hybridized carbons (Fsp3) is 0.360. The standard InChI is InChI=1S/C25H26N4O5/c1-16-15-21(34-26-16)25(33)28-13-11-27(12-14-28)24(32)20-7-4-10-29(20)23(31)19-9-8-17-5-2-3-6-18(17)22(19)30/h2-3,5-6,8-9,15,20,30H,4,7,10-14H2,1H3. The van der Waals surface area contributed by atoms with Crippen LogP contribution in [0.1, 0.15) is 39.4 Å². The van der Waals surface area contributed by atoms with E-state index in [4.69, 9.17) is 4.52 Å². The molecule has 5 rings (SSSR count). The Labute approximate surface area is 196 Å². The number of aromatic hydroxyl groups is 1. The molecular weight excluding hydrogens is 436 g/mol. The van der Waals surface area contributed by atoms with Crippen LogP contribution in [0.15, 0.2) is 47.0 Å². The summed E-state index contributed by atoms with van der Waals surface area (Å²) in [5, 5.41) is 16.0. The molecule has 176 valence electrons. The molecule has 34 heavy (non-hydrogen) atoms. The number of aryl methyl sites for hydroxylation is 1. The van der Waals surface area contributed by atoms with Crippen LogP contribution in [0.4, 0.5) is 0 Å². The van der Waals surface area contributed by atoms with Gasteiger partial charge in [-0.1, -0.05) is 35.5 Å². The van der Waals surface area contributed by atoms with E-state index in [1.54, 1.807) is 45.9 Å². The van der Waals surface area contributed by atoms with Crippen LogP contribution >= 0.6 is 0 Å². The second-order valence-electron chi connectivity index (χ2n) is 8.79. The van der Waals surface area contributed by atoms with E-state index < -0.39 is 6.04 Å². The van der Waals surface area contributed by atoms with Crippen molar-refractivity contribution in [3.8, 4) is 5.75 Å². The van der Waals surface area contributed by atoms with Gasteiger partial charge in [-0.2, -0.15) is 0 Å². The summed E-state index contributed by atoms with van der Waals surface area (Å²) in [6, 6.07) is 11.8. The van der Waals surface area contributed by atoms with Crippen LogP contribution in [-0.2, 0) is 4.79 Å². The minimum absolute atomic E-state index is 0.0593. The predicted octanol–water partition coefficient (Wildman–Crippen LogP) is 2.43. The number of rotatable bonds is 3. The van der Waals surface area contributed by atoms with Crippen molar-refractivity contribution in [1.82, 2.24) is 19.9 Å².